The van der Waals surface area contributed by atoms with Gasteiger partial charge in [0, 0.05) is 11.2 Å². The first-order chi connectivity index (χ1) is 9.99. The largest absolute Gasteiger partial charge is 0.162 e. The SMILES string of the molecule is [C]#CC(C)CCCC(C)CCCC(C)CCCC(C)SC. The molecular weight excluding hydrogens is 272 g/mol. The van der Waals surface area contributed by atoms with Gasteiger partial charge in [-0.25, -0.2) is 0 Å². The van der Waals surface area contributed by atoms with Gasteiger partial charge in [0.25, 0.3) is 0 Å². The van der Waals surface area contributed by atoms with Crippen LogP contribution in [0.25, 0.3) is 0 Å². The van der Waals surface area contributed by atoms with Gasteiger partial charge >= 0.3 is 0 Å². The Bertz CT molecular complexity index is 266. The smallest absolute Gasteiger partial charge is 0.0184 e. The van der Waals surface area contributed by atoms with Crippen molar-refractivity contribution in [3.63, 3.8) is 0 Å². The Balaban J connectivity index is 3.49. The van der Waals surface area contributed by atoms with E-state index in [1.54, 1.807) is 0 Å². The Labute approximate surface area is 139 Å². The maximum absolute atomic E-state index is 7.10. The van der Waals surface area contributed by atoms with Crippen molar-refractivity contribution in [1.82, 2.24) is 0 Å². The lowest BCUT2D eigenvalue weighted by Gasteiger charge is -2.15. The number of rotatable bonds is 13. The highest BCUT2D eigenvalue weighted by Crippen LogP contribution is 2.22. The quantitative estimate of drug-likeness (QED) is 0.339. The first-order valence-electron chi connectivity index (χ1n) is 8.94. The molecule has 0 bridgehead atoms. The van der Waals surface area contributed by atoms with E-state index in [1.807, 2.05) is 11.8 Å². The van der Waals surface area contributed by atoms with E-state index < -0.39 is 0 Å². The number of hydrogen-bond acceptors (Lipinski definition) is 1. The zero-order valence-corrected chi connectivity index (χ0v) is 15.9. The summed E-state index contributed by atoms with van der Waals surface area (Å²) >= 11 is 1.99. The summed E-state index contributed by atoms with van der Waals surface area (Å²) in [5.41, 5.74) is 0. The summed E-state index contributed by atoms with van der Waals surface area (Å²) in [5, 5.41) is 0.831. The molecule has 4 atom stereocenters. The van der Waals surface area contributed by atoms with Crippen LogP contribution < -0.4 is 0 Å². The minimum atomic E-state index is 0.348. The molecule has 4 unspecified atom stereocenters. The van der Waals surface area contributed by atoms with Gasteiger partial charge in [-0.2, -0.15) is 11.8 Å². The van der Waals surface area contributed by atoms with Crippen LogP contribution in [0, 0.1) is 30.1 Å². The van der Waals surface area contributed by atoms with E-state index in [0.29, 0.717) is 5.92 Å². The second-order valence-electron chi connectivity index (χ2n) is 7.09. The van der Waals surface area contributed by atoms with E-state index in [4.69, 9.17) is 6.42 Å². The number of hydrogen-bond donors (Lipinski definition) is 0. The van der Waals surface area contributed by atoms with Crippen molar-refractivity contribution in [2.45, 2.75) is 90.7 Å². The first-order valence-corrected chi connectivity index (χ1v) is 10.2. The van der Waals surface area contributed by atoms with Crippen LogP contribution in [0.1, 0.15) is 85.5 Å². The fourth-order valence-corrected chi connectivity index (χ4v) is 3.22. The van der Waals surface area contributed by atoms with Gasteiger partial charge in [0.05, 0.1) is 0 Å². The molecule has 0 fully saturated rings. The third-order valence-electron chi connectivity index (χ3n) is 4.68. The Hall–Kier alpha value is -0.0900. The molecule has 0 saturated carbocycles. The van der Waals surface area contributed by atoms with Crippen LogP contribution in [0.5, 0.6) is 0 Å². The minimum Gasteiger partial charge on any atom is -0.162 e. The van der Waals surface area contributed by atoms with Crippen molar-refractivity contribution in [3.8, 4) is 5.92 Å². The van der Waals surface area contributed by atoms with Crippen molar-refractivity contribution in [2.24, 2.45) is 17.8 Å². The van der Waals surface area contributed by atoms with Crippen LogP contribution in [0.3, 0.4) is 0 Å². The van der Waals surface area contributed by atoms with Crippen molar-refractivity contribution >= 4 is 11.8 Å². The first kappa shape index (κ1) is 20.9. The van der Waals surface area contributed by atoms with E-state index in [0.717, 1.165) is 23.5 Å². The molecule has 0 aliphatic carbocycles. The number of thioether (sulfide) groups is 1. The summed E-state index contributed by atoms with van der Waals surface area (Å²) in [4.78, 5) is 0. The Morgan fingerprint density at radius 1 is 0.762 bits per heavy atom. The molecular formula is C20H37S. The standard InChI is InChI=1S/C20H37S/c1-7-17(2)11-8-12-18(3)13-9-14-19(4)15-10-16-20(5)21-6/h17-20H,8-16H2,2-6H3. The fraction of sp³-hybridized carbons (Fsp3) is 0.900. The zero-order valence-electron chi connectivity index (χ0n) is 15.1. The average Bonchev–Trinajstić information content (AvgIpc) is 2.46. The lowest BCUT2D eigenvalue weighted by molar-refractivity contribution is 0.391. The maximum Gasteiger partial charge on any atom is 0.0184 e. The van der Waals surface area contributed by atoms with Crippen molar-refractivity contribution in [1.29, 1.82) is 0 Å². The molecule has 21 heavy (non-hydrogen) atoms. The Morgan fingerprint density at radius 2 is 1.19 bits per heavy atom. The molecule has 0 heterocycles. The van der Waals surface area contributed by atoms with Crippen LogP contribution >= 0.6 is 11.8 Å². The molecule has 0 aromatic rings. The highest BCUT2D eigenvalue weighted by molar-refractivity contribution is 7.99. The molecule has 0 N–H and O–H groups in total. The summed E-state index contributed by atoms with van der Waals surface area (Å²) < 4.78 is 0. The third kappa shape index (κ3) is 13.3. The normalized spacial score (nSPS) is 17.0. The molecule has 123 valence electrons. The predicted octanol–water partition coefficient (Wildman–Crippen LogP) is 6.75. The van der Waals surface area contributed by atoms with Gasteiger partial charge in [0.15, 0.2) is 0 Å². The maximum atomic E-state index is 7.10. The van der Waals surface area contributed by atoms with Crippen molar-refractivity contribution in [2.75, 3.05) is 6.26 Å². The van der Waals surface area contributed by atoms with Crippen LogP contribution in [0.4, 0.5) is 0 Å². The van der Waals surface area contributed by atoms with E-state index in [2.05, 4.69) is 39.9 Å². The van der Waals surface area contributed by atoms with E-state index in [9.17, 15) is 0 Å². The molecule has 0 nitrogen and oxygen atoms in total. The lowest BCUT2D eigenvalue weighted by Crippen LogP contribution is -2.01. The molecule has 1 heteroatoms. The topological polar surface area (TPSA) is 0 Å². The van der Waals surface area contributed by atoms with Crippen LogP contribution in [-0.4, -0.2) is 11.5 Å². The summed E-state index contributed by atoms with van der Waals surface area (Å²) in [5.74, 6) is 4.68. The molecule has 0 amide bonds. The van der Waals surface area contributed by atoms with E-state index >= 15 is 0 Å². The molecule has 0 aliphatic rings. The van der Waals surface area contributed by atoms with E-state index in [-0.39, 0.29) is 0 Å². The second kappa shape index (κ2) is 13.6. The van der Waals surface area contributed by atoms with Gasteiger partial charge in [-0.05, 0) is 37.4 Å². The van der Waals surface area contributed by atoms with E-state index in [1.165, 1.54) is 51.4 Å². The van der Waals surface area contributed by atoms with Gasteiger partial charge in [-0.15, -0.1) is 0 Å². The van der Waals surface area contributed by atoms with Crippen LogP contribution in [-0.2, 0) is 0 Å². The van der Waals surface area contributed by atoms with Gasteiger partial charge in [-0.3, -0.25) is 0 Å². The predicted molar refractivity (Wildman–Crippen MR) is 99.2 cm³/mol. The highest BCUT2D eigenvalue weighted by Gasteiger charge is 2.07. The van der Waals surface area contributed by atoms with Gasteiger partial charge < -0.3 is 0 Å². The minimum absolute atomic E-state index is 0.348. The van der Waals surface area contributed by atoms with Crippen LogP contribution in [0.15, 0.2) is 0 Å². The van der Waals surface area contributed by atoms with Gasteiger partial charge in [0.1, 0.15) is 0 Å². The summed E-state index contributed by atoms with van der Waals surface area (Å²) in [7, 11) is 0. The Kier molecular flexibility index (Phi) is 13.5. The second-order valence-corrected chi connectivity index (χ2v) is 8.37. The molecule has 0 aromatic heterocycles. The molecule has 0 spiro atoms. The summed E-state index contributed by atoms with van der Waals surface area (Å²) in [6, 6.07) is 0. The summed E-state index contributed by atoms with van der Waals surface area (Å²) in [6.45, 7) is 9.25. The average molecular weight is 310 g/mol. The molecule has 1 radical (unpaired) electrons. The molecule has 0 aliphatic heterocycles. The fourth-order valence-electron chi connectivity index (χ4n) is 2.82. The van der Waals surface area contributed by atoms with Crippen LogP contribution in [0.2, 0.25) is 0 Å². The Morgan fingerprint density at radius 3 is 1.62 bits per heavy atom. The van der Waals surface area contributed by atoms with Gasteiger partial charge in [-0.1, -0.05) is 78.6 Å². The third-order valence-corrected chi connectivity index (χ3v) is 5.72. The monoisotopic (exact) mass is 309 g/mol. The van der Waals surface area contributed by atoms with Gasteiger partial charge in [0.2, 0.25) is 0 Å². The summed E-state index contributed by atoms with van der Waals surface area (Å²) in [6.07, 6.45) is 21.4. The molecule has 0 saturated heterocycles. The van der Waals surface area contributed by atoms with Crippen molar-refractivity contribution < 1.29 is 0 Å². The molecule has 0 aromatic carbocycles. The lowest BCUT2D eigenvalue weighted by atomic mass is 9.92. The molecule has 0 rings (SSSR count). The zero-order chi connectivity index (χ0) is 16.1. The van der Waals surface area contributed by atoms with Crippen molar-refractivity contribution in [3.05, 3.63) is 6.42 Å². The highest BCUT2D eigenvalue weighted by atomic mass is 32.2.